The van der Waals surface area contributed by atoms with Crippen molar-refractivity contribution in [2.24, 2.45) is 0 Å². The number of ether oxygens (including phenoxy) is 2. The second-order valence-corrected chi connectivity index (χ2v) is 4.31. The predicted molar refractivity (Wildman–Crippen MR) is 71.3 cm³/mol. The fourth-order valence-electron chi connectivity index (χ4n) is 1.70. The number of carbonyl (C=O) groups excluding carboxylic acids is 2. The molecule has 0 saturated heterocycles. The molecule has 19 heavy (non-hydrogen) atoms. The molecule has 0 aliphatic heterocycles. The zero-order valence-electron chi connectivity index (χ0n) is 11.7. The molecular weight excluding hydrogens is 246 g/mol. The maximum atomic E-state index is 11.8. The summed E-state index contributed by atoms with van der Waals surface area (Å²) >= 11 is 0. The normalized spacial score (nSPS) is 10.4. The predicted octanol–water partition coefficient (Wildman–Crippen LogP) is 1.50. The first kappa shape index (κ1) is 15.2. The summed E-state index contributed by atoms with van der Waals surface area (Å²) in [5, 5.41) is 0. The molecular formula is C14H19NO4. The van der Waals surface area contributed by atoms with Crippen LogP contribution in [0.4, 0.5) is 0 Å². The summed E-state index contributed by atoms with van der Waals surface area (Å²) in [6.45, 7) is 2.47. The third-order valence-corrected chi connectivity index (χ3v) is 2.49. The topological polar surface area (TPSA) is 55.8 Å². The average molecular weight is 265 g/mol. The van der Waals surface area contributed by atoms with E-state index in [2.05, 4.69) is 0 Å². The van der Waals surface area contributed by atoms with E-state index in [1.54, 1.807) is 32.2 Å². The number of Topliss-reactive ketones (excluding diaryl/α,β-unsaturated/α-hetero) is 1. The molecule has 0 heterocycles. The number of rotatable bonds is 6. The molecule has 0 aliphatic carbocycles. The van der Waals surface area contributed by atoms with Gasteiger partial charge in [0, 0.05) is 17.7 Å². The van der Waals surface area contributed by atoms with Crippen molar-refractivity contribution in [2.45, 2.75) is 13.5 Å². The molecule has 1 rings (SSSR count). The Balaban J connectivity index is 3.03. The molecule has 0 N–H and O–H groups in total. The first-order valence-corrected chi connectivity index (χ1v) is 6.02. The van der Waals surface area contributed by atoms with E-state index >= 15 is 0 Å². The molecule has 0 aliphatic rings. The Morgan fingerprint density at radius 1 is 1.26 bits per heavy atom. The van der Waals surface area contributed by atoms with E-state index in [1.165, 1.54) is 0 Å². The Bertz CT molecular complexity index is 469. The lowest BCUT2D eigenvalue weighted by Gasteiger charge is -2.14. The SMILES string of the molecule is CCOC(=O)C(=O)c1ccc(OC)c(CN(C)C)c1. The number of methoxy groups -OCH3 is 1. The maximum Gasteiger partial charge on any atom is 0.379 e. The number of ketones is 1. The van der Waals surface area contributed by atoms with Gasteiger partial charge in [0.25, 0.3) is 5.78 Å². The van der Waals surface area contributed by atoms with Gasteiger partial charge in [-0.2, -0.15) is 0 Å². The second kappa shape index (κ2) is 6.89. The van der Waals surface area contributed by atoms with Crippen LogP contribution >= 0.6 is 0 Å². The molecule has 1 aromatic carbocycles. The number of hydrogen-bond donors (Lipinski definition) is 0. The molecule has 104 valence electrons. The van der Waals surface area contributed by atoms with Crippen molar-refractivity contribution in [1.29, 1.82) is 0 Å². The molecule has 1 aromatic rings. The van der Waals surface area contributed by atoms with Crippen LogP contribution in [-0.4, -0.2) is 44.5 Å². The van der Waals surface area contributed by atoms with Gasteiger partial charge in [-0.3, -0.25) is 4.79 Å². The van der Waals surface area contributed by atoms with Crippen LogP contribution in [0.1, 0.15) is 22.8 Å². The number of nitrogens with zero attached hydrogens (tertiary/aromatic N) is 1. The molecule has 0 radical (unpaired) electrons. The largest absolute Gasteiger partial charge is 0.496 e. The van der Waals surface area contributed by atoms with Crippen LogP contribution in [-0.2, 0) is 16.1 Å². The molecule has 0 aromatic heterocycles. The van der Waals surface area contributed by atoms with Crippen LogP contribution in [0.2, 0.25) is 0 Å². The monoisotopic (exact) mass is 265 g/mol. The van der Waals surface area contributed by atoms with Crippen molar-refractivity contribution in [1.82, 2.24) is 4.90 Å². The summed E-state index contributed by atoms with van der Waals surface area (Å²) in [7, 11) is 5.40. The fourth-order valence-corrected chi connectivity index (χ4v) is 1.70. The van der Waals surface area contributed by atoms with Crippen LogP contribution in [0.5, 0.6) is 5.75 Å². The maximum absolute atomic E-state index is 11.8. The van der Waals surface area contributed by atoms with Gasteiger partial charge in [-0.05, 0) is 39.2 Å². The van der Waals surface area contributed by atoms with E-state index in [4.69, 9.17) is 9.47 Å². The van der Waals surface area contributed by atoms with Gasteiger partial charge >= 0.3 is 5.97 Å². The van der Waals surface area contributed by atoms with Gasteiger partial charge in [0.1, 0.15) is 5.75 Å². The number of hydrogen-bond acceptors (Lipinski definition) is 5. The number of esters is 1. The van der Waals surface area contributed by atoms with E-state index < -0.39 is 11.8 Å². The number of benzene rings is 1. The summed E-state index contributed by atoms with van der Waals surface area (Å²) in [5.41, 5.74) is 1.17. The third-order valence-electron chi connectivity index (χ3n) is 2.49. The van der Waals surface area contributed by atoms with Crippen LogP contribution in [0, 0.1) is 0 Å². The molecule has 5 nitrogen and oxygen atoms in total. The molecule has 0 spiro atoms. The third kappa shape index (κ3) is 4.06. The van der Waals surface area contributed by atoms with Gasteiger partial charge < -0.3 is 14.4 Å². The van der Waals surface area contributed by atoms with Crippen molar-refractivity contribution in [3.63, 3.8) is 0 Å². The van der Waals surface area contributed by atoms with Crippen molar-refractivity contribution in [3.8, 4) is 5.75 Å². The highest BCUT2D eigenvalue weighted by molar-refractivity contribution is 6.40. The Hall–Kier alpha value is -1.88. The minimum absolute atomic E-state index is 0.186. The van der Waals surface area contributed by atoms with Crippen molar-refractivity contribution in [3.05, 3.63) is 29.3 Å². The van der Waals surface area contributed by atoms with Crippen LogP contribution in [0.15, 0.2) is 18.2 Å². The molecule has 5 heteroatoms. The summed E-state index contributed by atoms with van der Waals surface area (Å²) in [5.74, 6) is -0.776. The Morgan fingerprint density at radius 2 is 1.95 bits per heavy atom. The molecule has 0 bridgehead atoms. The van der Waals surface area contributed by atoms with E-state index in [9.17, 15) is 9.59 Å². The lowest BCUT2D eigenvalue weighted by molar-refractivity contribution is -0.137. The van der Waals surface area contributed by atoms with Crippen LogP contribution < -0.4 is 4.74 Å². The Morgan fingerprint density at radius 3 is 2.47 bits per heavy atom. The van der Waals surface area contributed by atoms with Gasteiger partial charge in [0.2, 0.25) is 0 Å². The average Bonchev–Trinajstić information content (AvgIpc) is 2.37. The zero-order chi connectivity index (χ0) is 14.4. The fraction of sp³-hybridized carbons (Fsp3) is 0.429. The molecule has 0 saturated carbocycles. The smallest absolute Gasteiger partial charge is 0.379 e. The first-order chi connectivity index (χ1) is 8.99. The molecule has 0 unspecified atom stereocenters. The van der Waals surface area contributed by atoms with E-state index in [-0.39, 0.29) is 6.61 Å². The Labute approximate surface area is 113 Å². The number of carbonyl (C=O) groups is 2. The van der Waals surface area contributed by atoms with Gasteiger partial charge in [0.15, 0.2) is 0 Å². The summed E-state index contributed by atoms with van der Waals surface area (Å²) < 4.78 is 9.94. The van der Waals surface area contributed by atoms with Crippen LogP contribution in [0.25, 0.3) is 0 Å². The van der Waals surface area contributed by atoms with Crippen molar-refractivity contribution < 1.29 is 19.1 Å². The standard InChI is InChI=1S/C14H19NO4/c1-5-19-14(17)13(16)10-6-7-12(18-4)11(8-10)9-15(2)3/h6-8H,5,9H2,1-4H3. The zero-order valence-corrected chi connectivity index (χ0v) is 11.7. The minimum Gasteiger partial charge on any atom is -0.496 e. The van der Waals surface area contributed by atoms with Crippen molar-refractivity contribution >= 4 is 11.8 Å². The summed E-state index contributed by atoms with van der Waals surface area (Å²) in [4.78, 5) is 25.2. The highest BCUT2D eigenvalue weighted by Crippen LogP contribution is 2.21. The highest BCUT2D eigenvalue weighted by atomic mass is 16.5. The Kier molecular flexibility index (Phi) is 5.51. The minimum atomic E-state index is -0.830. The van der Waals surface area contributed by atoms with E-state index in [0.717, 1.165) is 5.56 Å². The quantitative estimate of drug-likeness (QED) is 0.443. The lowest BCUT2D eigenvalue weighted by atomic mass is 10.1. The van der Waals surface area contributed by atoms with Gasteiger partial charge in [-0.1, -0.05) is 0 Å². The molecule has 0 amide bonds. The van der Waals surface area contributed by atoms with Gasteiger partial charge in [-0.25, -0.2) is 4.79 Å². The molecule has 0 atom stereocenters. The lowest BCUT2D eigenvalue weighted by Crippen LogP contribution is -2.18. The van der Waals surface area contributed by atoms with Gasteiger partial charge in [0.05, 0.1) is 13.7 Å². The highest BCUT2D eigenvalue weighted by Gasteiger charge is 2.19. The van der Waals surface area contributed by atoms with Crippen LogP contribution in [0.3, 0.4) is 0 Å². The first-order valence-electron chi connectivity index (χ1n) is 6.02. The second-order valence-electron chi connectivity index (χ2n) is 4.31. The van der Waals surface area contributed by atoms with E-state index in [0.29, 0.717) is 17.9 Å². The van der Waals surface area contributed by atoms with E-state index in [1.807, 2.05) is 19.0 Å². The summed E-state index contributed by atoms with van der Waals surface area (Å²) in [6, 6.07) is 4.92. The van der Waals surface area contributed by atoms with Gasteiger partial charge in [-0.15, -0.1) is 0 Å². The van der Waals surface area contributed by atoms with Crippen molar-refractivity contribution in [2.75, 3.05) is 27.8 Å². The summed E-state index contributed by atoms with van der Waals surface area (Å²) in [6.07, 6.45) is 0. The molecule has 0 fully saturated rings.